The lowest BCUT2D eigenvalue weighted by Gasteiger charge is -2.34. The fourth-order valence-electron chi connectivity index (χ4n) is 3.54. The molecule has 1 aliphatic heterocycles. The molecule has 0 spiro atoms. The molecule has 0 radical (unpaired) electrons. The molecule has 3 aromatic rings. The average Bonchev–Trinajstić information content (AvgIpc) is 2.74. The minimum atomic E-state index is -3.45. The normalized spacial score (nSPS) is 15.5. The molecular formula is C21H21N3O4S. The molecule has 1 saturated heterocycles. The molecule has 1 aliphatic rings. The van der Waals surface area contributed by atoms with E-state index >= 15 is 0 Å². The lowest BCUT2D eigenvalue weighted by molar-refractivity contribution is 0.0692. The Morgan fingerprint density at radius 1 is 0.931 bits per heavy atom. The first-order valence-electron chi connectivity index (χ1n) is 9.37. The van der Waals surface area contributed by atoms with Gasteiger partial charge in [0.05, 0.1) is 5.75 Å². The molecule has 150 valence electrons. The Hall–Kier alpha value is -2.97. The predicted molar refractivity (Wildman–Crippen MR) is 111 cm³/mol. The van der Waals surface area contributed by atoms with E-state index in [4.69, 9.17) is 0 Å². The van der Waals surface area contributed by atoms with E-state index < -0.39 is 10.0 Å². The Kier molecular flexibility index (Phi) is 5.21. The van der Waals surface area contributed by atoms with Crippen molar-refractivity contribution in [2.75, 3.05) is 26.2 Å². The molecule has 4 rings (SSSR count). The highest BCUT2D eigenvalue weighted by atomic mass is 32.2. The minimum absolute atomic E-state index is 0.0558. The Labute approximate surface area is 168 Å². The number of hydrogen-bond acceptors (Lipinski definition) is 4. The summed E-state index contributed by atoms with van der Waals surface area (Å²) in [7, 11) is -3.45. The number of carbonyl (C=O) groups is 1. The van der Waals surface area contributed by atoms with Gasteiger partial charge >= 0.3 is 0 Å². The summed E-state index contributed by atoms with van der Waals surface area (Å²) in [5.41, 5.74) is 0.643. The van der Waals surface area contributed by atoms with E-state index in [9.17, 15) is 18.0 Å². The van der Waals surface area contributed by atoms with Crippen LogP contribution in [0, 0.1) is 0 Å². The maximum atomic E-state index is 12.8. The summed E-state index contributed by atoms with van der Waals surface area (Å²) in [5.74, 6) is -0.354. The zero-order valence-corrected chi connectivity index (χ0v) is 16.6. The molecule has 1 N–H and O–H groups in total. The number of aromatic amines is 1. The van der Waals surface area contributed by atoms with Crippen LogP contribution >= 0.6 is 0 Å². The quantitative estimate of drug-likeness (QED) is 0.709. The highest BCUT2D eigenvalue weighted by molar-refractivity contribution is 7.88. The molecular weight excluding hydrogens is 390 g/mol. The van der Waals surface area contributed by atoms with Crippen LogP contribution in [0.1, 0.15) is 16.1 Å². The third kappa shape index (κ3) is 4.08. The number of piperazine rings is 1. The number of fused-ring (bicyclic) bond motifs is 1. The van der Waals surface area contributed by atoms with E-state index in [1.807, 2.05) is 24.3 Å². The van der Waals surface area contributed by atoms with Crippen molar-refractivity contribution in [3.63, 3.8) is 0 Å². The number of amides is 1. The van der Waals surface area contributed by atoms with E-state index in [1.165, 1.54) is 4.31 Å². The van der Waals surface area contributed by atoms with Gasteiger partial charge in [-0.1, -0.05) is 48.5 Å². The molecule has 1 fully saturated rings. The van der Waals surface area contributed by atoms with Crippen LogP contribution in [0.3, 0.4) is 0 Å². The summed E-state index contributed by atoms with van der Waals surface area (Å²) in [4.78, 5) is 29.3. The predicted octanol–water partition coefficient (Wildman–Crippen LogP) is 1.82. The van der Waals surface area contributed by atoms with Gasteiger partial charge in [0.25, 0.3) is 11.5 Å². The van der Waals surface area contributed by atoms with Crippen LogP contribution in [0.25, 0.3) is 10.8 Å². The maximum absolute atomic E-state index is 12.8. The first-order chi connectivity index (χ1) is 13.9. The molecule has 0 saturated carbocycles. The van der Waals surface area contributed by atoms with Crippen LogP contribution < -0.4 is 5.56 Å². The van der Waals surface area contributed by atoms with E-state index in [-0.39, 0.29) is 49.1 Å². The van der Waals surface area contributed by atoms with Crippen LogP contribution in [0.15, 0.2) is 65.5 Å². The van der Waals surface area contributed by atoms with Crippen molar-refractivity contribution in [1.29, 1.82) is 0 Å². The van der Waals surface area contributed by atoms with Gasteiger partial charge in [0, 0.05) is 31.6 Å². The zero-order valence-electron chi connectivity index (χ0n) is 15.7. The van der Waals surface area contributed by atoms with Crippen molar-refractivity contribution in [3.8, 4) is 0 Å². The molecule has 2 heterocycles. The van der Waals surface area contributed by atoms with E-state index in [2.05, 4.69) is 4.98 Å². The van der Waals surface area contributed by atoms with Crippen molar-refractivity contribution >= 4 is 26.7 Å². The van der Waals surface area contributed by atoms with Gasteiger partial charge < -0.3 is 9.88 Å². The van der Waals surface area contributed by atoms with Crippen molar-refractivity contribution in [1.82, 2.24) is 14.2 Å². The highest BCUT2D eigenvalue weighted by Gasteiger charge is 2.29. The number of nitrogens with one attached hydrogen (secondary N) is 1. The summed E-state index contributed by atoms with van der Waals surface area (Å²) in [5, 5.41) is 1.23. The molecule has 0 aliphatic carbocycles. The third-order valence-corrected chi connectivity index (χ3v) is 6.95. The van der Waals surface area contributed by atoms with Crippen LogP contribution in [0.2, 0.25) is 0 Å². The average molecular weight is 411 g/mol. The van der Waals surface area contributed by atoms with Gasteiger partial charge in [-0.15, -0.1) is 0 Å². The van der Waals surface area contributed by atoms with Gasteiger partial charge in [-0.2, -0.15) is 4.31 Å². The van der Waals surface area contributed by atoms with Crippen molar-refractivity contribution in [3.05, 3.63) is 82.3 Å². The molecule has 8 heteroatoms. The molecule has 0 unspecified atom stereocenters. The highest BCUT2D eigenvalue weighted by Crippen LogP contribution is 2.16. The molecule has 1 amide bonds. The number of pyridine rings is 1. The second kappa shape index (κ2) is 7.81. The van der Waals surface area contributed by atoms with Gasteiger partial charge in [-0.3, -0.25) is 9.59 Å². The summed E-state index contributed by atoms with van der Waals surface area (Å²) >= 11 is 0. The monoisotopic (exact) mass is 411 g/mol. The number of rotatable bonds is 4. The molecule has 29 heavy (non-hydrogen) atoms. The minimum Gasteiger partial charge on any atom is -0.335 e. The van der Waals surface area contributed by atoms with Gasteiger partial charge in [0.2, 0.25) is 10.0 Å². The Morgan fingerprint density at radius 3 is 2.31 bits per heavy atom. The van der Waals surface area contributed by atoms with E-state index in [0.29, 0.717) is 10.8 Å². The largest absolute Gasteiger partial charge is 0.335 e. The fourth-order valence-corrected chi connectivity index (χ4v) is 5.06. The number of H-pyrrole nitrogens is 1. The first kappa shape index (κ1) is 19.4. The van der Waals surface area contributed by atoms with Crippen LogP contribution in [-0.4, -0.2) is 54.7 Å². The number of aromatic nitrogens is 1. The fraction of sp³-hybridized carbons (Fsp3) is 0.238. The second-order valence-corrected chi connectivity index (χ2v) is 9.00. The molecule has 1 aromatic heterocycles. The van der Waals surface area contributed by atoms with Crippen molar-refractivity contribution < 1.29 is 13.2 Å². The Bertz CT molecular complexity index is 1200. The van der Waals surface area contributed by atoms with E-state index in [1.54, 1.807) is 41.3 Å². The zero-order chi connectivity index (χ0) is 20.4. The maximum Gasteiger partial charge on any atom is 0.270 e. The van der Waals surface area contributed by atoms with Crippen molar-refractivity contribution in [2.24, 2.45) is 0 Å². The summed E-state index contributed by atoms with van der Waals surface area (Å²) in [6.45, 7) is 1.03. The topological polar surface area (TPSA) is 90.6 Å². The van der Waals surface area contributed by atoms with Crippen LogP contribution in [0.4, 0.5) is 0 Å². The van der Waals surface area contributed by atoms with Gasteiger partial charge in [-0.25, -0.2) is 8.42 Å². The standard InChI is InChI=1S/C21H21N3O4S/c25-20-18-9-5-4-8-17(18)14-19(22-20)21(26)23-10-12-24(13-11-23)29(27,28)15-16-6-2-1-3-7-16/h1-9,14H,10-13,15H2,(H,22,25). The smallest absolute Gasteiger partial charge is 0.270 e. The van der Waals surface area contributed by atoms with Crippen LogP contribution in [-0.2, 0) is 15.8 Å². The molecule has 7 nitrogen and oxygen atoms in total. The molecule has 0 atom stereocenters. The number of carbonyl (C=O) groups excluding carboxylic acids is 1. The SMILES string of the molecule is O=C(c1cc2ccccc2c(=O)[nH]1)N1CCN(S(=O)(=O)Cc2ccccc2)CC1. The van der Waals surface area contributed by atoms with E-state index in [0.717, 1.165) is 5.56 Å². The molecule has 0 bridgehead atoms. The van der Waals surface area contributed by atoms with Crippen molar-refractivity contribution in [2.45, 2.75) is 5.75 Å². The number of nitrogens with zero attached hydrogens (tertiary/aromatic N) is 2. The Morgan fingerprint density at radius 2 is 1.59 bits per heavy atom. The van der Waals surface area contributed by atoms with Gasteiger partial charge in [-0.05, 0) is 23.1 Å². The lowest BCUT2D eigenvalue weighted by atomic mass is 10.1. The summed E-state index contributed by atoms with van der Waals surface area (Å²) < 4.78 is 26.8. The van der Waals surface area contributed by atoms with Crippen LogP contribution in [0.5, 0.6) is 0 Å². The second-order valence-electron chi connectivity index (χ2n) is 7.03. The molecule has 2 aromatic carbocycles. The Balaban J connectivity index is 1.45. The summed E-state index contributed by atoms with van der Waals surface area (Å²) in [6.07, 6.45) is 0. The van der Waals surface area contributed by atoms with Gasteiger partial charge in [0.1, 0.15) is 5.69 Å². The third-order valence-electron chi connectivity index (χ3n) is 5.09. The number of sulfonamides is 1. The number of hydrogen-bond donors (Lipinski definition) is 1. The lowest BCUT2D eigenvalue weighted by Crippen LogP contribution is -2.51. The summed E-state index contributed by atoms with van der Waals surface area (Å²) in [6, 6.07) is 17.8. The number of benzene rings is 2. The first-order valence-corrected chi connectivity index (χ1v) is 11.0. The van der Waals surface area contributed by atoms with Gasteiger partial charge in [0.15, 0.2) is 0 Å².